The summed E-state index contributed by atoms with van der Waals surface area (Å²) >= 11 is 0. The molecule has 0 fully saturated rings. The highest BCUT2D eigenvalue weighted by Crippen LogP contribution is 2.12. The van der Waals surface area contributed by atoms with Crippen LogP contribution < -0.4 is 5.73 Å². The minimum Gasteiger partial charge on any atom is -0.377 e. The predicted octanol–water partition coefficient (Wildman–Crippen LogP) is 3.00. The van der Waals surface area contributed by atoms with Crippen LogP contribution in [0.25, 0.3) is 0 Å². The summed E-state index contributed by atoms with van der Waals surface area (Å²) in [6.45, 7) is 4.15. The third kappa shape index (κ3) is 4.44. The summed E-state index contributed by atoms with van der Waals surface area (Å²) in [5.74, 6) is 0. The van der Waals surface area contributed by atoms with Crippen molar-refractivity contribution in [3.05, 3.63) is 65.0 Å². The molecule has 2 rings (SSSR count). The van der Waals surface area contributed by atoms with E-state index in [9.17, 15) is 0 Å². The summed E-state index contributed by atoms with van der Waals surface area (Å²) in [4.78, 5) is 4.01. The van der Waals surface area contributed by atoms with Gasteiger partial charge in [0.05, 0.1) is 6.61 Å². The van der Waals surface area contributed by atoms with Gasteiger partial charge in [0.25, 0.3) is 0 Å². The van der Waals surface area contributed by atoms with Gasteiger partial charge in [-0.05, 0) is 54.2 Å². The van der Waals surface area contributed by atoms with E-state index in [1.807, 2.05) is 12.4 Å². The number of nitrogens with two attached hydrogens (primary N) is 1. The Labute approximate surface area is 120 Å². The third-order valence-electron chi connectivity index (χ3n) is 3.40. The fourth-order valence-electron chi connectivity index (χ4n) is 2.16. The molecule has 3 nitrogen and oxygen atoms in total. The molecular formula is C17H22N2O. The maximum absolute atomic E-state index is 5.75. The molecule has 0 unspecified atom stereocenters. The van der Waals surface area contributed by atoms with Gasteiger partial charge in [-0.3, -0.25) is 4.98 Å². The molecule has 1 heterocycles. The van der Waals surface area contributed by atoms with E-state index in [4.69, 9.17) is 10.5 Å². The molecule has 1 aromatic heterocycles. The van der Waals surface area contributed by atoms with Gasteiger partial charge in [0.15, 0.2) is 0 Å². The largest absolute Gasteiger partial charge is 0.377 e. The van der Waals surface area contributed by atoms with Crippen molar-refractivity contribution in [2.45, 2.75) is 32.9 Å². The summed E-state index contributed by atoms with van der Waals surface area (Å²) in [5.41, 5.74) is 10.6. The quantitative estimate of drug-likeness (QED) is 0.787. The van der Waals surface area contributed by atoms with Gasteiger partial charge in [0, 0.05) is 25.5 Å². The smallest absolute Gasteiger partial charge is 0.0719 e. The molecule has 0 radical (unpaired) electrons. The Kier molecular flexibility index (Phi) is 5.71. The van der Waals surface area contributed by atoms with Crippen LogP contribution in [-0.2, 0) is 24.3 Å². The first-order chi connectivity index (χ1) is 9.79. The van der Waals surface area contributed by atoms with Crippen molar-refractivity contribution in [2.75, 3.05) is 6.61 Å². The van der Waals surface area contributed by atoms with Crippen LogP contribution in [0.2, 0.25) is 0 Å². The zero-order chi connectivity index (χ0) is 14.2. The van der Waals surface area contributed by atoms with Crippen molar-refractivity contribution in [3.63, 3.8) is 0 Å². The Hall–Kier alpha value is -1.71. The van der Waals surface area contributed by atoms with E-state index < -0.39 is 0 Å². The number of benzene rings is 1. The van der Waals surface area contributed by atoms with E-state index in [1.165, 1.54) is 22.3 Å². The van der Waals surface area contributed by atoms with E-state index in [0.717, 1.165) is 19.4 Å². The van der Waals surface area contributed by atoms with Crippen LogP contribution >= 0.6 is 0 Å². The Morgan fingerprint density at radius 2 is 1.90 bits per heavy atom. The number of hydrogen-bond acceptors (Lipinski definition) is 3. The molecule has 20 heavy (non-hydrogen) atoms. The Bertz CT molecular complexity index is 526. The first kappa shape index (κ1) is 14.7. The lowest BCUT2D eigenvalue weighted by Crippen LogP contribution is -2.01. The standard InChI is InChI=1S/C17H22N2O/c1-14-11-16(12-18)4-5-17(14)13-20-10-2-3-15-6-8-19-9-7-15/h4-9,11H,2-3,10,12-13,18H2,1H3. The molecular weight excluding hydrogens is 248 g/mol. The highest BCUT2D eigenvalue weighted by Gasteiger charge is 2.00. The van der Waals surface area contributed by atoms with Gasteiger partial charge in [0.1, 0.15) is 0 Å². The second-order valence-electron chi connectivity index (χ2n) is 4.98. The number of aryl methyl sites for hydroxylation is 2. The molecule has 3 heteroatoms. The summed E-state index contributed by atoms with van der Waals surface area (Å²) in [6, 6.07) is 10.4. The second kappa shape index (κ2) is 7.78. The van der Waals surface area contributed by atoms with E-state index in [-0.39, 0.29) is 0 Å². The van der Waals surface area contributed by atoms with Gasteiger partial charge in [-0.15, -0.1) is 0 Å². The second-order valence-corrected chi connectivity index (χ2v) is 4.98. The molecule has 2 aromatic rings. The Morgan fingerprint density at radius 1 is 1.10 bits per heavy atom. The maximum atomic E-state index is 5.75. The van der Waals surface area contributed by atoms with Crippen molar-refractivity contribution in [1.29, 1.82) is 0 Å². The van der Waals surface area contributed by atoms with Crippen LogP contribution in [0.1, 0.15) is 28.7 Å². The normalized spacial score (nSPS) is 10.7. The molecule has 0 aliphatic carbocycles. The fourth-order valence-corrected chi connectivity index (χ4v) is 2.16. The lowest BCUT2D eigenvalue weighted by molar-refractivity contribution is 0.118. The Balaban J connectivity index is 1.71. The van der Waals surface area contributed by atoms with Gasteiger partial charge in [0.2, 0.25) is 0 Å². The molecule has 2 N–H and O–H groups in total. The van der Waals surface area contributed by atoms with Crippen molar-refractivity contribution < 1.29 is 4.74 Å². The molecule has 106 valence electrons. The highest BCUT2D eigenvalue weighted by molar-refractivity contribution is 5.30. The molecule has 0 spiro atoms. The van der Waals surface area contributed by atoms with E-state index >= 15 is 0 Å². The number of aromatic nitrogens is 1. The van der Waals surface area contributed by atoms with Gasteiger partial charge in [-0.2, -0.15) is 0 Å². The number of rotatable bonds is 7. The van der Waals surface area contributed by atoms with Crippen LogP contribution in [0.4, 0.5) is 0 Å². The van der Waals surface area contributed by atoms with Gasteiger partial charge < -0.3 is 10.5 Å². The van der Waals surface area contributed by atoms with Crippen LogP contribution in [-0.4, -0.2) is 11.6 Å². The number of pyridine rings is 1. The van der Waals surface area contributed by atoms with E-state index in [0.29, 0.717) is 13.2 Å². The molecule has 0 saturated heterocycles. The van der Waals surface area contributed by atoms with Crippen LogP contribution in [0.3, 0.4) is 0 Å². The lowest BCUT2D eigenvalue weighted by Gasteiger charge is -2.09. The number of hydrogen-bond donors (Lipinski definition) is 1. The first-order valence-corrected chi connectivity index (χ1v) is 7.04. The minimum absolute atomic E-state index is 0.591. The summed E-state index contributed by atoms with van der Waals surface area (Å²) in [7, 11) is 0. The molecule has 0 atom stereocenters. The molecule has 0 amide bonds. The zero-order valence-electron chi connectivity index (χ0n) is 12.0. The molecule has 0 aliphatic heterocycles. The van der Waals surface area contributed by atoms with Crippen molar-refractivity contribution in [3.8, 4) is 0 Å². The highest BCUT2D eigenvalue weighted by atomic mass is 16.5. The van der Waals surface area contributed by atoms with E-state index in [1.54, 1.807) is 0 Å². The van der Waals surface area contributed by atoms with Gasteiger partial charge in [-0.1, -0.05) is 18.2 Å². The summed E-state index contributed by atoms with van der Waals surface area (Å²) < 4.78 is 5.75. The van der Waals surface area contributed by atoms with Crippen LogP contribution in [0.5, 0.6) is 0 Å². The first-order valence-electron chi connectivity index (χ1n) is 7.04. The number of ether oxygens (including phenoxy) is 1. The molecule has 0 bridgehead atoms. The topological polar surface area (TPSA) is 48.1 Å². The maximum Gasteiger partial charge on any atom is 0.0719 e. The summed E-state index contributed by atoms with van der Waals surface area (Å²) in [6.07, 6.45) is 5.73. The van der Waals surface area contributed by atoms with Crippen molar-refractivity contribution in [1.82, 2.24) is 4.98 Å². The monoisotopic (exact) mass is 270 g/mol. The van der Waals surface area contributed by atoms with E-state index in [2.05, 4.69) is 42.2 Å². The minimum atomic E-state index is 0.591. The number of nitrogens with zero attached hydrogens (tertiary/aromatic N) is 1. The predicted molar refractivity (Wildman–Crippen MR) is 81.3 cm³/mol. The van der Waals surface area contributed by atoms with Crippen LogP contribution in [0.15, 0.2) is 42.7 Å². The Morgan fingerprint density at radius 3 is 2.60 bits per heavy atom. The fraction of sp³-hybridized carbons (Fsp3) is 0.353. The van der Waals surface area contributed by atoms with Crippen molar-refractivity contribution >= 4 is 0 Å². The average molecular weight is 270 g/mol. The average Bonchev–Trinajstić information content (AvgIpc) is 2.49. The molecule has 1 aromatic carbocycles. The summed E-state index contributed by atoms with van der Waals surface area (Å²) in [5, 5.41) is 0. The van der Waals surface area contributed by atoms with Gasteiger partial charge >= 0.3 is 0 Å². The van der Waals surface area contributed by atoms with Crippen molar-refractivity contribution in [2.24, 2.45) is 5.73 Å². The van der Waals surface area contributed by atoms with Gasteiger partial charge in [-0.25, -0.2) is 0 Å². The molecule has 0 aliphatic rings. The lowest BCUT2D eigenvalue weighted by atomic mass is 10.1. The third-order valence-corrected chi connectivity index (χ3v) is 3.40. The molecule has 0 saturated carbocycles. The zero-order valence-corrected chi connectivity index (χ0v) is 12.0. The SMILES string of the molecule is Cc1cc(CN)ccc1COCCCc1ccncc1. The van der Waals surface area contributed by atoms with Crippen LogP contribution in [0, 0.1) is 6.92 Å².